The molecule has 0 saturated carbocycles. The number of nitrogens with zero attached hydrogens (tertiary/aromatic N) is 2. The molecule has 2 aromatic heterocycles. The number of nitrogens with one attached hydrogen (secondary N) is 2. The van der Waals surface area contributed by atoms with Gasteiger partial charge in [-0.2, -0.15) is 5.10 Å². The van der Waals surface area contributed by atoms with Crippen molar-refractivity contribution in [3.63, 3.8) is 0 Å². The number of aromatic nitrogens is 2. The van der Waals surface area contributed by atoms with E-state index in [0.29, 0.717) is 18.3 Å². The normalized spacial score (nSPS) is 16.0. The molecule has 1 aliphatic rings. The number of hydrogen-bond acceptors (Lipinski definition) is 4. The molecular formula is C22H26N4O2. The molecule has 1 aliphatic carbocycles. The van der Waals surface area contributed by atoms with Crippen LogP contribution in [0.2, 0.25) is 0 Å². The van der Waals surface area contributed by atoms with Crippen LogP contribution in [0.3, 0.4) is 0 Å². The van der Waals surface area contributed by atoms with E-state index in [1.807, 2.05) is 22.9 Å². The van der Waals surface area contributed by atoms with E-state index in [2.05, 4.69) is 40.0 Å². The molecule has 2 N–H and O–H groups in total. The molecule has 1 unspecified atom stereocenters. The highest BCUT2D eigenvalue weighted by atomic mass is 16.3. The zero-order valence-corrected chi connectivity index (χ0v) is 16.1. The molecule has 1 amide bonds. The maximum Gasteiger partial charge on any atom is 0.271 e. The number of fused-ring (bicyclic) bond motifs is 1. The number of rotatable bonds is 7. The Bertz CT molecular complexity index is 916. The molecule has 1 aromatic carbocycles. The SMILES string of the molecule is CNC(=O)c1nn(CCc2ccccc2)c2c1CC(NCc1ccco1)CC2. The third-order valence-electron chi connectivity index (χ3n) is 5.39. The fourth-order valence-corrected chi connectivity index (χ4v) is 3.89. The Morgan fingerprint density at radius 1 is 1.25 bits per heavy atom. The summed E-state index contributed by atoms with van der Waals surface area (Å²) in [5.41, 5.74) is 4.12. The van der Waals surface area contributed by atoms with Crippen molar-refractivity contribution < 1.29 is 9.21 Å². The second-order valence-corrected chi connectivity index (χ2v) is 7.21. The monoisotopic (exact) mass is 378 g/mol. The summed E-state index contributed by atoms with van der Waals surface area (Å²) in [5.74, 6) is 0.817. The van der Waals surface area contributed by atoms with Gasteiger partial charge >= 0.3 is 0 Å². The van der Waals surface area contributed by atoms with Gasteiger partial charge in [0.05, 0.1) is 12.8 Å². The van der Waals surface area contributed by atoms with Crippen LogP contribution in [0.15, 0.2) is 53.1 Å². The molecule has 28 heavy (non-hydrogen) atoms. The molecule has 0 spiro atoms. The quantitative estimate of drug-likeness (QED) is 0.663. The number of furan rings is 1. The molecule has 0 bridgehead atoms. The van der Waals surface area contributed by atoms with Crippen molar-refractivity contribution >= 4 is 5.91 Å². The van der Waals surface area contributed by atoms with Crippen molar-refractivity contribution in [3.05, 3.63) is 77.0 Å². The molecule has 0 saturated heterocycles. The van der Waals surface area contributed by atoms with E-state index in [-0.39, 0.29) is 5.91 Å². The first kappa shape index (κ1) is 18.5. The number of carbonyl (C=O) groups is 1. The van der Waals surface area contributed by atoms with E-state index >= 15 is 0 Å². The van der Waals surface area contributed by atoms with E-state index in [0.717, 1.165) is 43.6 Å². The number of benzene rings is 1. The van der Waals surface area contributed by atoms with E-state index in [1.54, 1.807) is 13.3 Å². The summed E-state index contributed by atoms with van der Waals surface area (Å²) in [6.45, 7) is 1.48. The second-order valence-electron chi connectivity index (χ2n) is 7.21. The summed E-state index contributed by atoms with van der Waals surface area (Å²) in [6, 6.07) is 14.6. The topological polar surface area (TPSA) is 72.1 Å². The van der Waals surface area contributed by atoms with Crippen LogP contribution in [0.4, 0.5) is 0 Å². The minimum Gasteiger partial charge on any atom is -0.468 e. The number of carbonyl (C=O) groups excluding carboxylic acids is 1. The van der Waals surface area contributed by atoms with Crippen molar-refractivity contribution in [1.82, 2.24) is 20.4 Å². The van der Waals surface area contributed by atoms with Gasteiger partial charge in [0.25, 0.3) is 5.91 Å². The van der Waals surface area contributed by atoms with Gasteiger partial charge in [-0.05, 0) is 43.4 Å². The number of hydrogen-bond donors (Lipinski definition) is 2. The van der Waals surface area contributed by atoms with Crippen LogP contribution < -0.4 is 10.6 Å². The largest absolute Gasteiger partial charge is 0.468 e. The van der Waals surface area contributed by atoms with Gasteiger partial charge in [-0.15, -0.1) is 0 Å². The highest BCUT2D eigenvalue weighted by molar-refractivity contribution is 5.93. The first-order chi connectivity index (χ1) is 13.7. The third kappa shape index (κ3) is 4.02. The van der Waals surface area contributed by atoms with Crippen LogP contribution in [-0.2, 0) is 32.4 Å². The van der Waals surface area contributed by atoms with Crippen molar-refractivity contribution in [3.8, 4) is 0 Å². The minimum atomic E-state index is -0.110. The average molecular weight is 378 g/mol. The van der Waals surface area contributed by atoms with Gasteiger partial charge in [0, 0.05) is 30.9 Å². The smallest absolute Gasteiger partial charge is 0.271 e. The van der Waals surface area contributed by atoms with Gasteiger partial charge < -0.3 is 15.1 Å². The minimum absolute atomic E-state index is 0.110. The predicted molar refractivity (Wildman–Crippen MR) is 107 cm³/mol. The Balaban J connectivity index is 1.50. The Kier molecular flexibility index (Phi) is 5.58. The molecule has 6 heteroatoms. The molecule has 0 fully saturated rings. The summed E-state index contributed by atoms with van der Waals surface area (Å²) >= 11 is 0. The molecule has 0 aliphatic heterocycles. The number of amides is 1. The molecule has 6 nitrogen and oxygen atoms in total. The van der Waals surface area contributed by atoms with Crippen molar-refractivity contribution in [2.24, 2.45) is 0 Å². The van der Waals surface area contributed by atoms with Crippen LogP contribution in [0.5, 0.6) is 0 Å². The van der Waals surface area contributed by atoms with Crippen molar-refractivity contribution in [2.75, 3.05) is 7.05 Å². The summed E-state index contributed by atoms with van der Waals surface area (Å²) in [4.78, 5) is 12.4. The van der Waals surface area contributed by atoms with Crippen LogP contribution in [-0.4, -0.2) is 28.8 Å². The first-order valence-corrected chi connectivity index (χ1v) is 9.85. The zero-order valence-electron chi connectivity index (χ0n) is 16.1. The number of aryl methyl sites for hydroxylation is 2. The van der Waals surface area contributed by atoms with Crippen molar-refractivity contribution in [1.29, 1.82) is 0 Å². The summed E-state index contributed by atoms with van der Waals surface area (Å²) in [7, 11) is 1.66. The molecule has 3 aromatic rings. The van der Waals surface area contributed by atoms with Crippen LogP contribution in [0, 0.1) is 0 Å². The molecule has 1 atom stereocenters. The predicted octanol–water partition coefficient (Wildman–Crippen LogP) is 2.73. The Morgan fingerprint density at radius 2 is 2.11 bits per heavy atom. The van der Waals surface area contributed by atoms with Gasteiger partial charge in [-0.3, -0.25) is 9.48 Å². The van der Waals surface area contributed by atoms with E-state index in [4.69, 9.17) is 4.42 Å². The fourth-order valence-electron chi connectivity index (χ4n) is 3.89. The van der Waals surface area contributed by atoms with E-state index in [1.165, 1.54) is 11.3 Å². The summed E-state index contributed by atoms with van der Waals surface area (Å²) in [5, 5.41) is 11.0. The lowest BCUT2D eigenvalue weighted by Gasteiger charge is -2.24. The Labute approximate surface area is 164 Å². The third-order valence-corrected chi connectivity index (χ3v) is 5.39. The van der Waals surface area contributed by atoms with Gasteiger partial charge in [-0.25, -0.2) is 0 Å². The lowest BCUT2D eigenvalue weighted by Crippen LogP contribution is -2.35. The summed E-state index contributed by atoms with van der Waals surface area (Å²) in [6.07, 6.45) is 5.35. The molecule has 4 rings (SSSR count). The van der Waals surface area contributed by atoms with Gasteiger partial charge in [0.15, 0.2) is 5.69 Å². The van der Waals surface area contributed by atoms with E-state index < -0.39 is 0 Å². The lowest BCUT2D eigenvalue weighted by atomic mass is 9.91. The summed E-state index contributed by atoms with van der Waals surface area (Å²) < 4.78 is 7.45. The van der Waals surface area contributed by atoms with E-state index in [9.17, 15) is 4.79 Å². The second kappa shape index (κ2) is 8.44. The maximum atomic E-state index is 12.4. The molecular weight excluding hydrogens is 352 g/mol. The average Bonchev–Trinajstić information content (AvgIpc) is 3.38. The standard InChI is InChI=1S/C22H26N4O2/c1-23-22(27)21-19-14-17(24-15-18-8-5-13-28-18)9-10-20(19)26(25-21)12-11-16-6-3-2-4-7-16/h2-8,13,17,24H,9-12,14-15H2,1H3,(H,23,27). The highest BCUT2D eigenvalue weighted by Crippen LogP contribution is 2.25. The van der Waals surface area contributed by atoms with Gasteiger partial charge in [-0.1, -0.05) is 30.3 Å². The lowest BCUT2D eigenvalue weighted by molar-refractivity contribution is 0.0956. The van der Waals surface area contributed by atoms with Crippen LogP contribution in [0.1, 0.15) is 39.5 Å². The fraction of sp³-hybridized carbons (Fsp3) is 0.364. The molecule has 0 radical (unpaired) electrons. The van der Waals surface area contributed by atoms with Crippen LogP contribution >= 0.6 is 0 Å². The molecule has 146 valence electrons. The van der Waals surface area contributed by atoms with Crippen molar-refractivity contribution in [2.45, 2.75) is 44.8 Å². The van der Waals surface area contributed by atoms with Gasteiger partial charge in [0.2, 0.25) is 0 Å². The first-order valence-electron chi connectivity index (χ1n) is 9.85. The highest BCUT2D eigenvalue weighted by Gasteiger charge is 2.28. The molecule has 2 heterocycles. The maximum absolute atomic E-state index is 12.4. The van der Waals surface area contributed by atoms with Crippen LogP contribution in [0.25, 0.3) is 0 Å². The Morgan fingerprint density at radius 3 is 2.86 bits per heavy atom. The van der Waals surface area contributed by atoms with Gasteiger partial charge in [0.1, 0.15) is 5.76 Å². The zero-order chi connectivity index (χ0) is 19.3. The Hall–Kier alpha value is -2.86.